The molecule has 4 aliphatic rings. The van der Waals surface area contributed by atoms with Crippen molar-refractivity contribution >= 4 is 86.2 Å². The van der Waals surface area contributed by atoms with E-state index in [4.69, 9.17) is 20.4 Å². The Morgan fingerprint density at radius 3 is 0.811 bits per heavy atom. The molecule has 0 unspecified atom stereocenters. The summed E-state index contributed by atoms with van der Waals surface area (Å²) in [5, 5.41) is 35.9. The molecule has 0 radical (unpaired) electrons. The standard InChI is InChI=1S/C15H6B2N4O16/c22-1-13(2(23)18(1)16-20-5(26)14(6(20)27,9(30)31)10(32)33)3(24)19(4(13)25)17-21-7(28)15(8(21)29,11(34)35)12(36)37/h16-17H,(H,30,31)(H,32,33)(H,34,35)(H,36,37). The Morgan fingerprint density at radius 2 is 0.622 bits per heavy atom. The van der Waals surface area contributed by atoms with Crippen LogP contribution >= 0.6 is 0 Å². The van der Waals surface area contributed by atoms with Crippen LogP contribution in [-0.4, -0.2) is 126 Å². The molecule has 0 aromatic heterocycles. The van der Waals surface area contributed by atoms with E-state index in [2.05, 4.69) is 0 Å². The summed E-state index contributed by atoms with van der Waals surface area (Å²) in [6, 6.07) is 0. The van der Waals surface area contributed by atoms with E-state index in [0.29, 0.717) is 0 Å². The van der Waals surface area contributed by atoms with Gasteiger partial charge in [-0.15, -0.1) is 0 Å². The number of carbonyl (C=O) groups excluding carboxylic acids is 8. The van der Waals surface area contributed by atoms with Gasteiger partial charge in [-0.1, -0.05) is 0 Å². The fraction of sp³-hybridized carbons (Fsp3) is 0.200. The fourth-order valence-electron chi connectivity index (χ4n) is 4.22. The maximum absolute atomic E-state index is 12.5. The quantitative estimate of drug-likeness (QED) is 0.131. The van der Waals surface area contributed by atoms with E-state index in [1.54, 1.807) is 0 Å². The molecule has 8 amide bonds. The van der Waals surface area contributed by atoms with Crippen LogP contribution in [0.15, 0.2) is 0 Å². The van der Waals surface area contributed by atoms with Gasteiger partial charge in [0.05, 0.1) is 0 Å². The maximum Gasteiger partial charge on any atom is 0.376 e. The van der Waals surface area contributed by atoms with E-state index in [1.807, 2.05) is 0 Å². The molecule has 4 aliphatic heterocycles. The minimum atomic E-state index is -3.51. The molecule has 22 heteroatoms. The van der Waals surface area contributed by atoms with Crippen molar-refractivity contribution in [2.24, 2.45) is 16.2 Å². The molecule has 0 aromatic carbocycles. The molecule has 0 aromatic rings. The summed E-state index contributed by atoms with van der Waals surface area (Å²) in [4.78, 5) is 143. The Kier molecular flexibility index (Phi) is 4.56. The minimum Gasteiger partial charge on any atom is -0.480 e. The smallest absolute Gasteiger partial charge is 0.376 e. The van der Waals surface area contributed by atoms with Gasteiger partial charge in [0.15, 0.2) is 0 Å². The number of amides is 8. The molecule has 4 heterocycles. The molecular formula is C15H6B2N4O16. The van der Waals surface area contributed by atoms with Crippen molar-refractivity contribution in [2.75, 3.05) is 0 Å². The van der Waals surface area contributed by atoms with Gasteiger partial charge in [-0.05, 0) is 0 Å². The third-order valence-electron chi connectivity index (χ3n) is 6.38. The number of carboxylic acid groups (broad SMARTS) is 4. The minimum absolute atomic E-state index is 0.00359. The Morgan fingerprint density at radius 1 is 0.432 bits per heavy atom. The van der Waals surface area contributed by atoms with Crippen molar-refractivity contribution in [2.45, 2.75) is 0 Å². The average Bonchev–Trinajstić information content (AvgIpc) is 2.79. The molecule has 1 spiro atoms. The van der Waals surface area contributed by atoms with Crippen LogP contribution in [0.3, 0.4) is 0 Å². The molecule has 188 valence electrons. The molecule has 0 bridgehead atoms. The molecule has 0 aliphatic carbocycles. The highest BCUT2D eigenvalue weighted by atomic mass is 16.4. The van der Waals surface area contributed by atoms with Crippen molar-refractivity contribution in [1.29, 1.82) is 0 Å². The summed E-state index contributed by atoms with van der Waals surface area (Å²) in [5.41, 5.74) is -10.1. The van der Waals surface area contributed by atoms with Crippen LogP contribution < -0.4 is 0 Å². The second kappa shape index (κ2) is 6.83. The lowest BCUT2D eigenvalue weighted by Crippen LogP contribution is -2.88. The summed E-state index contributed by atoms with van der Waals surface area (Å²) >= 11 is 0. The topological polar surface area (TPSA) is 299 Å². The van der Waals surface area contributed by atoms with Crippen LogP contribution in [-0.2, 0) is 57.5 Å². The summed E-state index contributed by atoms with van der Waals surface area (Å²) < 4.78 is 0. The van der Waals surface area contributed by atoms with E-state index in [9.17, 15) is 57.5 Å². The summed E-state index contributed by atoms with van der Waals surface area (Å²) in [7, 11) is -2.66. The Labute approximate surface area is 200 Å². The molecular weight excluding hydrogens is 514 g/mol. The number of carbonyl (C=O) groups is 12. The second-order valence-electron chi connectivity index (χ2n) is 7.91. The van der Waals surface area contributed by atoms with Crippen molar-refractivity contribution in [3.63, 3.8) is 0 Å². The second-order valence-corrected chi connectivity index (χ2v) is 7.91. The molecule has 0 atom stereocenters. The van der Waals surface area contributed by atoms with Gasteiger partial charge in [-0.3, -0.25) is 38.4 Å². The Bertz CT molecular complexity index is 1200. The third-order valence-corrected chi connectivity index (χ3v) is 6.38. The Hall–Kier alpha value is -5.43. The normalized spacial score (nSPS) is 22.7. The van der Waals surface area contributed by atoms with Crippen molar-refractivity contribution in [1.82, 2.24) is 19.2 Å². The zero-order valence-electron chi connectivity index (χ0n) is 17.4. The van der Waals surface area contributed by atoms with Gasteiger partial charge < -0.3 is 39.7 Å². The van der Waals surface area contributed by atoms with Gasteiger partial charge in [0.1, 0.15) is 0 Å². The van der Waals surface area contributed by atoms with Gasteiger partial charge >= 0.3 is 49.8 Å². The van der Waals surface area contributed by atoms with Gasteiger partial charge in [-0.25, -0.2) is 19.2 Å². The number of imide groups is 4. The summed E-state index contributed by atoms with van der Waals surface area (Å²) in [5.74, 6) is -23.1. The highest BCUT2D eigenvalue weighted by Crippen LogP contribution is 2.46. The Balaban J connectivity index is 1.47. The van der Waals surface area contributed by atoms with Crippen molar-refractivity contribution in [3.8, 4) is 0 Å². The maximum atomic E-state index is 12.5. The van der Waals surface area contributed by atoms with Crippen LogP contribution in [0.2, 0.25) is 0 Å². The number of rotatable bonds is 8. The molecule has 4 rings (SSSR count). The SMILES string of the molecule is O=C(O)C1(C(=O)O)C(=O)N(BN2C(=O)C3(C2=O)C(=O)N(BN2C(=O)C(C(=O)O)(C(=O)O)C2=O)C3=O)C1=O. The number of β-lactam (4-membered cyclic amide) rings is 8. The first-order valence-corrected chi connectivity index (χ1v) is 9.40. The largest absolute Gasteiger partial charge is 0.480 e. The number of hydrogen-bond donors (Lipinski definition) is 4. The van der Waals surface area contributed by atoms with Crippen molar-refractivity contribution in [3.05, 3.63) is 0 Å². The monoisotopic (exact) mass is 520 g/mol. The lowest BCUT2D eigenvalue weighted by atomic mass is 9.62. The third kappa shape index (κ3) is 2.20. The van der Waals surface area contributed by atoms with E-state index in [0.717, 1.165) is 0 Å². The fourth-order valence-corrected chi connectivity index (χ4v) is 4.22. The zero-order chi connectivity index (χ0) is 28.2. The number of hydrogen-bond acceptors (Lipinski definition) is 12. The molecule has 37 heavy (non-hydrogen) atoms. The zero-order valence-corrected chi connectivity index (χ0v) is 17.4. The van der Waals surface area contributed by atoms with E-state index in [-0.39, 0.29) is 19.2 Å². The van der Waals surface area contributed by atoms with Crippen LogP contribution in [0.5, 0.6) is 0 Å². The van der Waals surface area contributed by atoms with Gasteiger partial charge in [0, 0.05) is 0 Å². The molecule has 4 fully saturated rings. The number of carboxylic acids is 4. The lowest BCUT2D eigenvalue weighted by molar-refractivity contribution is -0.190. The summed E-state index contributed by atoms with van der Waals surface area (Å²) in [6.45, 7) is 0. The number of aliphatic carboxylic acids is 4. The van der Waals surface area contributed by atoms with E-state index >= 15 is 0 Å². The van der Waals surface area contributed by atoms with Crippen LogP contribution in [0, 0.1) is 16.2 Å². The van der Waals surface area contributed by atoms with Gasteiger partial charge in [0.2, 0.25) is 0 Å². The predicted octanol–water partition coefficient (Wildman–Crippen LogP) is -7.71. The highest BCUT2D eigenvalue weighted by molar-refractivity contribution is 6.70. The summed E-state index contributed by atoms with van der Waals surface area (Å²) in [6.07, 6.45) is 0. The van der Waals surface area contributed by atoms with E-state index in [1.165, 1.54) is 0 Å². The first kappa shape index (κ1) is 24.7. The van der Waals surface area contributed by atoms with Gasteiger partial charge in [-0.2, -0.15) is 0 Å². The molecule has 4 N–H and O–H groups in total. The first-order valence-electron chi connectivity index (χ1n) is 9.40. The van der Waals surface area contributed by atoms with E-state index < -0.39 is 102 Å². The molecule has 20 nitrogen and oxygen atoms in total. The lowest BCUT2D eigenvalue weighted by Gasteiger charge is -2.55. The highest BCUT2D eigenvalue weighted by Gasteiger charge is 2.82. The average molecular weight is 520 g/mol. The van der Waals surface area contributed by atoms with Gasteiger partial charge in [0.25, 0.3) is 52.7 Å². The van der Waals surface area contributed by atoms with Crippen LogP contribution in [0.25, 0.3) is 0 Å². The molecule has 0 saturated carbocycles. The molecule has 4 saturated heterocycles. The van der Waals surface area contributed by atoms with Crippen LogP contribution in [0.1, 0.15) is 0 Å². The van der Waals surface area contributed by atoms with Crippen LogP contribution in [0.4, 0.5) is 0 Å². The predicted molar refractivity (Wildman–Crippen MR) is 99.6 cm³/mol. The first-order chi connectivity index (χ1) is 17.0. The number of nitrogens with zero attached hydrogens (tertiary/aromatic N) is 4. The van der Waals surface area contributed by atoms with Crippen molar-refractivity contribution < 1.29 is 78.0 Å².